The van der Waals surface area contributed by atoms with Crippen molar-refractivity contribution in [3.8, 4) is 5.75 Å². The van der Waals surface area contributed by atoms with Crippen LogP contribution in [0.5, 0.6) is 5.75 Å². The van der Waals surface area contributed by atoms with Gasteiger partial charge in [-0.3, -0.25) is 4.72 Å². The summed E-state index contributed by atoms with van der Waals surface area (Å²) >= 11 is 0. The molecular formula is C22H25KN3O6S. The summed E-state index contributed by atoms with van der Waals surface area (Å²) in [5, 5.41) is 0.730. The van der Waals surface area contributed by atoms with Gasteiger partial charge in [0.25, 0.3) is 10.2 Å². The molecule has 1 aromatic heterocycles. The standard InChI is InChI=1S/C22H25N3O6S.K/c1-13-9-17-14(2)18(11-15-7-6-8-16(10-15)24-32(28,29)23-3)21(26)30-20(17)12-19(13)31-22(27)25(4)5;/h6-10,12,23-24H,11H2,1-5H3;. The molecule has 11 heteroatoms. The number of amides is 1. The van der Waals surface area contributed by atoms with Gasteiger partial charge >= 0.3 is 11.7 Å². The molecule has 0 spiro atoms. The van der Waals surface area contributed by atoms with Gasteiger partial charge in [0.1, 0.15) is 11.3 Å². The molecule has 3 rings (SSSR count). The monoisotopic (exact) mass is 498 g/mol. The van der Waals surface area contributed by atoms with E-state index in [0.29, 0.717) is 22.6 Å². The largest absolute Gasteiger partial charge is 0.422 e. The van der Waals surface area contributed by atoms with E-state index in [2.05, 4.69) is 9.44 Å². The molecule has 1 heterocycles. The number of nitrogens with one attached hydrogen (secondary N) is 2. The number of ether oxygens (including phenoxy) is 1. The molecular weight excluding hydrogens is 473 g/mol. The van der Waals surface area contributed by atoms with Gasteiger partial charge in [-0.25, -0.2) is 14.3 Å². The van der Waals surface area contributed by atoms with Gasteiger partial charge < -0.3 is 14.1 Å². The van der Waals surface area contributed by atoms with E-state index in [-0.39, 0.29) is 57.8 Å². The van der Waals surface area contributed by atoms with Gasteiger partial charge in [-0.15, -0.1) is 0 Å². The minimum atomic E-state index is -3.65. The molecule has 33 heavy (non-hydrogen) atoms. The SMILES string of the molecule is CNS(=O)(=O)Nc1cccc(Cc2c(C)c3cc(C)c(OC(=O)N(C)C)cc3oc2=O)c1.[K]. The quantitative estimate of drug-likeness (QED) is 0.398. The Morgan fingerprint density at radius 1 is 1.15 bits per heavy atom. The van der Waals surface area contributed by atoms with Crippen molar-refractivity contribution < 1.29 is 22.4 Å². The molecule has 2 aromatic carbocycles. The first-order chi connectivity index (χ1) is 15.0. The molecule has 2 N–H and O–H groups in total. The molecule has 0 saturated carbocycles. The normalized spacial score (nSPS) is 11.1. The van der Waals surface area contributed by atoms with E-state index in [9.17, 15) is 18.0 Å². The maximum atomic E-state index is 12.7. The number of hydrogen-bond acceptors (Lipinski definition) is 6. The topological polar surface area (TPSA) is 118 Å². The average molecular weight is 499 g/mol. The van der Waals surface area contributed by atoms with Crippen LogP contribution < -0.4 is 19.8 Å². The van der Waals surface area contributed by atoms with Gasteiger partial charge in [-0.1, -0.05) is 12.1 Å². The zero-order chi connectivity index (χ0) is 23.6. The molecule has 9 nitrogen and oxygen atoms in total. The smallest absolute Gasteiger partial charge is 0.414 e. The van der Waals surface area contributed by atoms with Crippen molar-refractivity contribution in [1.29, 1.82) is 0 Å². The van der Waals surface area contributed by atoms with Crippen LogP contribution in [0.2, 0.25) is 0 Å². The van der Waals surface area contributed by atoms with Gasteiger partial charge in [0.05, 0.1) is 5.69 Å². The Labute approximate surface area is 235 Å². The summed E-state index contributed by atoms with van der Waals surface area (Å²) in [6.45, 7) is 3.63. The number of anilines is 1. The minimum Gasteiger partial charge on any atom is -0.422 e. The third kappa shape index (κ3) is 6.66. The van der Waals surface area contributed by atoms with Crippen molar-refractivity contribution in [3.63, 3.8) is 0 Å². The van der Waals surface area contributed by atoms with Crippen molar-refractivity contribution >= 4 is 84.3 Å². The number of rotatable bonds is 6. The van der Waals surface area contributed by atoms with E-state index in [4.69, 9.17) is 9.15 Å². The van der Waals surface area contributed by atoms with E-state index >= 15 is 0 Å². The molecule has 0 atom stereocenters. The summed E-state index contributed by atoms with van der Waals surface area (Å²) in [6.07, 6.45) is -0.271. The molecule has 3 aromatic rings. The third-order valence-corrected chi connectivity index (χ3v) is 6.02. The molecule has 171 valence electrons. The second kappa shape index (κ2) is 11.1. The van der Waals surface area contributed by atoms with E-state index in [0.717, 1.165) is 22.1 Å². The van der Waals surface area contributed by atoms with E-state index in [1.54, 1.807) is 45.3 Å². The summed E-state index contributed by atoms with van der Waals surface area (Å²) in [5.74, 6) is 0.316. The maximum absolute atomic E-state index is 12.7. The molecule has 1 radical (unpaired) electrons. The Bertz CT molecular complexity index is 1350. The van der Waals surface area contributed by atoms with Gasteiger partial charge in [0.15, 0.2) is 0 Å². The fourth-order valence-corrected chi connectivity index (χ4v) is 3.72. The van der Waals surface area contributed by atoms with E-state index < -0.39 is 21.9 Å². The molecule has 1 amide bonds. The number of benzene rings is 2. The van der Waals surface area contributed by atoms with Gasteiger partial charge in [0, 0.05) is 96.0 Å². The molecule has 0 aliphatic carbocycles. The zero-order valence-corrected chi connectivity index (χ0v) is 23.4. The molecule has 0 aliphatic rings. The second-order valence-corrected chi connectivity index (χ2v) is 9.18. The number of hydrogen-bond donors (Lipinski definition) is 2. The molecule has 0 aliphatic heterocycles. The summed E-state index contributed by atoms with van der Waals surface area (Å²) in [6, 6.07) is 10.1. The Morgan fingerprint density at radius 2 is 1.85 bits per heavy atom. The van der Waals surface area contributed by atoms with Crippen LogP contribution in [-0.2, 0) is 16.6 Å². The second-order valence-electron chi connectivity index (χ2n) is 7.56. The Hall–Kier alpha value is -1.73. The van der Waals surface area contributed by atoms with Crippen molar-refractivity contribution in [2.24, 2.45) is 0 Å². The Morgan fingerprint density at radius 3 is 2.48 bits per heavy atom. The number of carbonyl (C=O) groups is 1. The third-order valence-electron chi connectivity index (χ3n) is 4.97. The first kappa shape index (κ1) is 27.5. The fraction of sp³-hybridized carbons (Fsp3) is 0.273. The van der Waals surface area contributed by atoms with Crippen LogP contribution >= 0.6 is 0 Å². The van der Waals surface area contributed by atoms with E-state index in [1.807, 2.05) is 13.0 Å². The predicted octanol–water partition coefficient (Wildman–Crippen LogP) is 2.56. The predicted molar refractivity (Wildman–Crippen MR) is 128 cm³/mol. The van der Waals surface area contributed by atoms with Crippen LogP contribution in [0.1, 0.15) is 22.3 Å². The number of carbonyl (C=O) groups excluding carboxylic acids is 1. The first-order valence-electron chi connectivity index (χ1n) is 9.77. The fourth-order valence-electron chi connectivity index (χ4n) is 3.18. The Balaban J connectivity index is 0.00000385. The van der Waals surface area contributed by atoms with Crippen molar-refractivity contribution in [3.05, 3.63) is 69.1 Å². The van der Waals surface area contributed by atoms with Crippen LogP contribution in [0, 0.1) is 13.8 Å². The Kier molecular flexibility index (Phi) is 9.28. The van der Waals surface area contributed by atoms with Crippen molar-refractivity contribution in [2.45, 2.75) is 20.3 Å². The van der Waals surface area contributed by atoms with Crippen LogP contribution in [0.15, 0.2) is 45.6 Å². The zero-order valence-electron chi connectivity index (χ0n) is 19.5. The number of fused-ring (bicyclic) bond motifs is 1. The maximum Gasteiger partial charge on any atom is 0.414 e. The molecule has 0 unspecified atom stereocenters. The van der Waals surface area contributed by atoms with Crippen molar-refractivity contribution in [2.75, 3.05) is 25.9 Å². The van der Waals surface area contributed by atoms with Gasteiger partial charge in [0.2, 0.25) is 0 Å². The van der Waals surface area contributed by atoms with Crippen LogP contribution in [0.25, 0.3) is 11.0 Å². The van der Waals surface area contributed by atoms with Gasteiger partial charge in [-0.05, 0) is 48.7 Å². The summed E-state index contributed by atoms with van der Waals surface area (Å²) in [5.41, 5.74) is 2.85. The first-order valence-corrected chi connectivity index (χ1v) is 11.3. The van der Waals surface area contributed by atoms with Crippen LogP contribution in [0.4, 0.5) is 10.5 Å². The van der Waals surface area contributed by atoms with E-state index in [1.165, 1.54) is 18.0 Å². The number of nitrogens with zero attached hydrogens (tertiary/aromatic N) is 1. The summed E-state index contributed by atoms with van der Waals surface area (Å²) < 4.78 is 38.9. The summed E-state index contributed by atoms with van der Waals surface area (Å²) in [4.78, 5) is 25.9. The minimum absolute atomic E-state index is 0. The average Bonchev–Trinajstić information content (AvgIpc) is 2.72. The summed E-state index contributed by atoms with van der Waals surface area (Å²) in [7, 11) is 0.815. The van der Waals surface area contributed by atoms with Crippen molar-refractivity contribution in [1.82, 2.24) is 9.62 Å². The number of aryl methyl sites for hydroxylation is 2. The molecule has 0 saturated heterocycles. The van der Waals surface area contributed by atoms with Gasteiger partial charge in [-0.2, -0.15) is 8.42 Å². The molecule has 0 bridgehead atoms. The van der Waals surface area contributed by atoms with Crippen LogP contribution in [0.3, 0.4) is 0 Å². The van der Waals surface area contributed by atoms with Crippen LogP contribution in [-0.4, -0.2) is 91.9 Å². The molecule has 0 fully saturated rings.